The van der Waals surface area contributed by atoms with Crippen LogP contribution in [0.3, 0.4) is 0 Å². The van der Waals surface area contributed by atoms with E-state index in [1.807, 2.05) is 44.2 Å². The molecule has 19 heavy (non-hydrogen) atoms. The maximum atomic E-state index is 5.89. The molecule has 0 amide bonds. The van der Waals surface area contributed by atoms with Crippen molar-refractivity contribution in [2.75, 3.05) is 5.73 Å². The summed E-state index contributed by atoms with van der Waals surface area (Å²) in [7, 11) is 0. The van der Waals surface area contributed by atoms with Crippen molar-refractivity contribution in [2.45, 2.75) is 13.8 Å². The summed E-state index contributed by atoms with van der Waals surface area (Å²) in [5.41, 5.74) is 8.72. The molecule has 0 unspecified atom stereocenters. The van der Waals surface area contributed by atoms with Crippen LogP contribution in [0.1, 0.15) is 13.8 Å². The molecule has 3 nitrogen and oxygen atoms in total. The third-order valence-electron chi connectivity index (χ3n) is 2.51. The molecule has 0 saturated carbocycles. The van der Waals surface area contributed by atoms with Gasteiger partial charge in [-0.05, 0) is 36.4 Å². The summed E-state index contributed by atoms with van der Waals surface area (Å²) in [5.74, 6) is 0.572. The summed E-state index contributed by atoms with van der Waals surface area (Å²) in [6.07, 6.45) is 0. The molecule has 0 spiro atoms. The number of hydrogen-bond donors (Lipinski definition) is 1. The van der Waals surface area contributed by atoms with Gasteiger partial charge < -0.3 is 10.2 Å². The third-order valence-corrected chi connectivity index (χ3v) is 2.74. The quantitative estimate of drug-likeness (QED) is 0.651. The van der Waals surface area contributed by atoms with E-state index in [4.69, 9.17) is 21.8 Å². The van der Waals surface area contributed by atoms with Gasteiger partial charge in [0.2, 0.25) is 5.89 Å². The van der Waals surface area contributed by atoms with Crippen molar-refractivity contribution in [2.24, 2.45) is 0 Å². The number of nitrogen functional groups attached to an aromatic ring is 1. The summed E-state index contributed by atoms with van der Waals surface area (Å²) >= 11 is 5.89. The number of nitrogens with two attached hydrogens (primary N) is 1. The van der Waals surface area contributed by atoms with E-state index in [9.17, 15) is 0 Å². The Kier molecular flexibility index (Phi) is 4.07. The lowest BCUT2D eigenvalue weighted by Crippen LogP contribution is -1.83. The Bertz CT molecular complexity index is 674. The summed E-state index contributed by atoms with van der Waals surface area (Å²) in [4.78, 5) is 4.39. The molecular weight excluding hydrogens is 260 g/mol. The zero-order valence-electron chi connectivity index (χ0n) is 10.9. The zero-order chi connectivity index (χ0) is 13.8. The van der Waals surface area contributed by atoms with Gasteiger partial charge in [-0.3, -0.25) is 0 Å². The van der Waals surface area contributed by atoms with Gasteiger partial charge in [-0.2, -0.15) is 0 Å². The van der Waals surface area contributed by atoms with Crippen molar-refractivity contribution < 1.29 is 4.42 Å². The van der Waals surface area contributed by atoms with Crippen LogP contribution in [0.2, 0.25) is 5.02 Å². The third kappa shape index (κ3) is 2.88. The molecule has 0 radical (unpaired) electrons. The number of aromatic nitrogens is 1. The summed E-state index contributed by atoms with van der Waals surface area (Å²) in [6, 6.07) is 12.8. The normalized spacial score (nSPS) is 10.1. The predicted molar refractivity (Wildman–Crippen MR) is 80.2 cm³/mol. The smallest absolute Gasteiger partial charge is 0.227 e. The SMILES string of the molecule is CC.Nc1ccc(-c2nc3ccc(Cl)cc3o2)cc1. The molecule has 0 saturated heterocycles. The maximum absolute atomic E-state index is 5.89. The number of anilines is 1. The van der Waals surface area contributed by atoms with Gasteiger partial charge in [-0.15, -0.1) is 0 Å². The molecule has 0 aliphatic rings. The number of hydrogen-bond acceptors (Lipinski definition) is 3. The van der Waals surface area contributed by atoms with E-state index in [0.717, 1.165) is 11.1 Å². The highest BCUT2D eigenvalue weighted by molar-refractivity contribution is 6.31. The van der Waals surface area contributed by atoms with Crippen LogP contribution in [0.5, 0.6) is 0 Å². The van der Waals surface area contributed by atoms with Crippen LogP contribution in [0, 0.1) is 0 Å². The van der Waals surface area contributed by atoms with E-state index in [1.54, 1.807) is 12.1 Å². The van der Waals surface area contributed by atoms with Crippen molar-refractivity contribution in [1.82, 2.24) is 4.98 Å². The Labute approximate surface area is 117 Å². The number of fused-ring (bicyclic) bond motifs is 1. The fraction of sp³-hybridized carbons (Fsp3) is 0.133. The van der Waals surface area contributed by atoms with Gasteiger partial charge in [0.1, 0.15) is 5.52 Å². The second-order valence-electron chi connectivity index (χ2n) is 3.75. The van der Waals surface area contributed by atoms with Crippen LogP contribution >= 0.6 is 11.6 Å². The van der Waals surface area contributed by atoms with Crippen molar-refractivity contribution in [3.63, 3.8) is 0 Å². The Hall–Kier alpha value is -2.00. The Morgan fingerprint density at radius 2 is 1.74 bits per heavy atom. The Morgan fingerprint density at radius 3 is 2.42 bits per heavy atom. The molecule has 0 bridgehead atoms. The van der Waals surface area contributed by atoms with Gasteiger partial charge in [0.15, 0.2) is 5.58 Å². The maximum Gasteiger partial charge on any atom is 0.227 e. The van der Waals surface area contributed by atoms with E-state index in [-0.39, 0.29) is 0 Å². The first-order valence-corrected chi connectivity index (χ1v) is 6.52. The highest BCUT2D eigenvalue weighted by Crippen LogP contribution is 2.26. The van der Waals surface area contributed by atoms with Crippen molar-refractivity contribution in [3.05, 3.63) is 47.5 Å². The van der Waals surface area contributed by atoms with Gasteiger partial charge in [-0.25, -0.2) is 4.98 Å². The van der Waals surface area contributed by atoms with E-state index in [0.29, 0.717) is 22.2 Å². The number of nitrogens with zero attached hydrogens (tertiary/aromatic N) is 1. The minimum atomic E-state index is 0.572. The largest absolute Gasteiger partial charge is 0.436 e. The fourth-order valence-corrected chi connectivity index (χ4v) is 1.81. The van der Waals surface area contributed by atoms with Crippen LogP contribution < -0.4 is 5.73 Å². The van der Waals surface area contributed by atoms with Crippen LogP contribution in [0.15, 0.2) is 46.9 Å². The molecule has 3 rings (SSSR count). The first kappa shape index (κ1) is 13.4. The summed E-state index contributed by atoms with van der Waals surface area (Å²) in [5, 5.41) is 0.637. The highest BCUT2D eigenvalue weighted by atomic mass is 35.5. The molecule has 0 fully saturated rings. The minimum absolute atomic E-state index is 0.572. The van der Waals surface area contributed by atoms with Crippen LogP contribution in [-0.4, -0.2) is 4.98 Å². The lowest BCUT2D eigenvalue weighted by molar-refractivity contribution is 0.620. The van der Waals surface area contributed by atoms with Crippen molar-refractivity contribution in [3.8, 4) is 11.5 Å². The first-order chi connectivity index (χ1) is 9.22. The molecule has 1 heterocycles. The van der Waals surface area contributed by atoms with E-state index >= 15 is 0 Å². The average molecular weight is 275 g/mol. The lowest BCUT2D eigenvalue weighted by atomic mass is 10.2. The number of halogens is 1. The monoisotopic (exact) mass is 274 g/mol. The molecule has 1 aromatic heterocycles. The molecule has 3 aromatic rings. The topological polar surface area (TPSA) is 52.0 Å². The van der Waals surface area contributed by atoms with Crippen LogP contribution in [0.4, 0.5) is 5.69 Å². The fourth-order valence-electron chi connectivity index (χ4n) is 1.65. The molecule has 0 atom stereocenters. The number of oxazole rings is 1. The van der Waals surface area contributed by atoms with Gasteiger partial charge in [0.25, 0.3) is 0 Å². The Morgan fingerprint density at radius 1 is 1.05 bits per heavy atom. The van der Waals surface area contributed by atoms with Crippen LogP contribution in [0.25, 0.3) is 22.6 Å². The molecular formula is C15H15ClN2O. The van der Waals surface area contributed by atoms with Crippen molar-refractivity contribution >= 4 is 28.4 Å². The summed E-state index contributed by atoms with van der Waals surface area (Å²) < 4.78 is 5.64. The number of benzene rings is 2. The molecule has 98 valence electrons. The molecule has 2 N–H and O–H groups in total. The predicted octanol–water partition coefficient (Wildman–Crippen LogP) is 4.76. The standard InChI is InChI=1S/C13H9ClN2O.C2H6/c14-9-3-6-11-12(7-9)17-13(16-11)8-1-4-10(15)5-2-8;1-2/h1-7H,15H2;1-2H3. The molecule has 0 aliphatic heterocycles. The van der Waals surface area contributed by atoms with Crippen molar-refractivity contribution in [1.29, 1.82) is 0 Å². The van der Waals surface area contributed by atoms with Gasteiger partial charge >= 0.3 is 0 Å². The van der Waals surface area contributed by atoms with Gasteiger partial charge in [-0.1, -0.05) is 25.4 Å². The van der Waals surface area contributed by atoms with Gasteiger partial charge in [0.05, 0.1) is 0 Å². The summed E-state index contributed by atoms with van der Waals surface area (Å²) in [6.45, 7) is 4.00. The average Bonchev–Trinajstić information content (AvgIpc) is 2.84. The van der Waals surface area contributed by atoms with Gasteiger partial charge in [0, 0.05) is 22.3 Å². The first-order valence-electron chi connectivity index (χ1n) is 6.14. The second-order valence-corrected chi connectivity index (χ2v) is 4.19. The second kappa shape index (κ2) is 5.76. The minimum Gasteiger partial charge on any atom is -0.436 e. The van der Waals surface area contributed by atoms with E-state index in [2.05, 4.69) is 4.98 Å². The number of rotatable bonds is 1. The molecule has 2 aromatic carbocycles. The Balaban J connectivity index is 0.000000637. The van der Waals surface area contributed by atoms with E-state index < -0.39 is 0 Å². The highest BCUT2D eigenvalue weighted by Gasteiger charge is 2.07. The van der Waals surface area contributed by atoms with Crippen LogP contribution in [-0.2, 0) is 0 Å². The zero-order valence-corrected chi connectivity index (χ0v) is 11.6. The molecule has 4 heteroatoms. The lowest BCUT2D eigenvalue weighted by Gasteiger charge is -1.95. The van der Waals surface area contributed by atoms with E-state index in [1.165, 1.54) is 0 Å². The molecule has 0 aliphatic carbocycles.